The highest BCUT2D eigenvalue weighted by Crippen LogP contribution is 2.18. The largest absolute Gasteiger partial charge is 0.352 e. The molecule has 0 saturated carbocycles. The summed E-state index contributed by atoms with van der Waals surface area (Å²) in [7, 11) is 0. The monoisotopic (exact) mass is 495 g/mol. The molecule has 0 saturated heterocycles. The molecule has 1 atom stereocenters. The van der Waals surface area contributed by atoms with Crippen LogP contribution in [0.1, 0.15) is 43.1 Å². The molecule has 3 rings (SSSR count). The molecule has 1 aromatic heterocycles. The van der Waals surface area contributed by atoms with Crippen LogP contribution in [-0.4, -0.2) is 27.5 Å². The van der Waals surface area contributed by atoms with Crippen molar-refractivity contribution in [3.05, 3.63) is 73.4 Å². The van der Waals surface area contributed by atoms with Gasteiger partial charge in [-0.05, 0) is 56.2 Å². The molecule has 2 amide bonds. The average molecular weight is 496 g/mol. The van der Waals surface area contributed by atoms with Gasteiger partial charge in [0.1, 0.15) is 6.07 Å². The normalized spacial score (nSPS) is 11.6. The highest BCUT2D eigenvalue weighted by Gasteiger charge is 2.15. The van der Waals surface area contributed by atoms with Crippen molar-refractivity contribution in [2.24, 2.45) is 5.92 Å². The number of benzene rings is 2. The van der Waals surface area contributed by atoms with Gasteiger partial charge in [0.2, 0.25) is 5.91 Å². The summed E-state index contributed by atoms with van der Waals surface area (Å²) in [4.78, 5) is 50.2. The smallest absolute Gasteiger partial charge is 0.331 e. The quantitative estimate of drug-likeness (QED) is 0.496. The third kappa shape index (κ3) is 5.61. The van der Waals surface area contributed by atoms with Crippen molar-refractivity contribution >= 4 is 40.0 Å². The summed E-state index contributed by atoms with van der Waals surface area (Å²) in [6.45, 7) is 6.31. The maximum absolute atomic E-state index is 12.8. The molecule has 0 fully saturated rings. The van der Waals surface area contributed by atoms with Crippen LogP contribution in [0.5, 0.6) is 0 Å². The summed E-state index contributed by atoms with van der Waals surface area (Å²) < 4.78 is 2.70. The molecule has 0 radical (unpaired) electrons. The second-order valence-corrected chi connectivity index (χ2v) is 8.59. The Kier molecular flexibility index (Phi) is 8.10. The van der Waals surface area contributed by atoms with Crippen LogP contribution in [0.3, 0.4) is 0 Å². The molecule has 10 heteroatoms. The molecule has 9 nitrogen and oxygen atoms in total. The number of nitrogens with zero attached hydrogens (tertiary/aromatic N) is 3. The van der Waals surface area contributed by atoms with E-state index in [0.29, 0.717) is 28.7 Å². The van der Waals surface area contributed by atoms with E-state index >= 15 is 0 Å². The number of aromatic nitrogens is 2. The highest BCUT2D eigenvalue weighted by molar-refractivity contribution is 6.32. The Labute approximate surface area is 206 Å². The summed E-state index contributed by atoms with van der Waals surface area (Å²) in [5.41, 5.74) is 0.825. The minimum atomic E-state index is -0.396. The van der Waals surface area contributed by atoms with Gasteiger partial charge in [0.25, 0.3) is 11.5 Å². The number of carbonyl (C=O) groups is 2. The van der Waals surface area contributed by atoms with E-state index in [-0.39, 0.29) is 53.5 Å². The average Bonchev–Trinajstić information content (AvgIpc) is 2.83. The predicted molar refractivity (Wildman–Crippen MR) is 135 cm³/mol. The van der Waals surface area contributed by atoms with E-state index in [2.05, 4.69) is 10.6 Å². The van der Waals surface area contributed by atoms with E-state index in [1.165, 1.54) is 27.3 Å². The molecule has 0 aliphatic rings. The molecular formula is C25H26ClN5O4. The van der Waals surface area contributed by atoms with E-state index < -0.39 is 5.56 Å². The van der Waals surface area contributed by atoms with Crippen molar-refractivity contribution in [2.45, 2.75) is 40.3 Å². The zero-order valence-corrected chi connectivity index (χ0v) is 20.5. The van der Waals surface area contributed by atoms with Gasteiger partial charge in [0, 0.05) is 37.3 Å². The Hall–Kier alpha value is -3.90. The first-order valence-electron chi connectivity index (χ1n) is 11.2. The molecule has 1 heterocycles. The molecule has 35 heavy (non-hydrogen) atoms. The number of halogens is 1. The van der Waals surface area contributed by atoms with Crippen LogP contribution >= 0.6 is 11.6 Å². The summed E-state index contributed by atoms with van der Waals surface area (Å²) in [5, 5.41) is 15.0. The Balaban J connectivity index is 1.65. The molecule has 182 valence electrons. The van der Waals surface area contributed by atoms with Gasteiger partial charge in [-0.3, -0.25) is 23.5 Å². The number of nitriles is 1. The second-order valence-electron chi connectivity index (χ2n) is 8.18. The molecule has 0 aliphatic heterocycles. The third-order valence-electron chi connectivity index (χ3n) is 5.64. The first kappa shape index (κ1) is 25.7. The molecule has 1 unspecified atom stereocenters. The SMILES string of the molecule is CCn1c(=O)c2cc(NC(=O)CC(C)CNC(=O)c3ccc(C#N)c(Cl)c3)ccc2n(CC)c1=O. The van der Waals surface area contributed by atoms with Crippen LogP contribution < -0.4 is 21.9 Å². The first-order chi connectivity index (χ1) is 16.7. The number of aryl methyl sites for hydroxylation is 1. The van der Waals surface area contributed by atoms with Crippen molar-refractivity contribution in [1.82, 2.24) is 14.5 Å². The van der Waals surface area contributed by atoms with Crippen LogP contribution in [0.4, 0.5) is 5.69 Å². The lowest BCUT2D eigenvalue weighted by Crippen LogP contribution is -2.39. The van der Waals surface area contributed by atoms with Gasteiger partial charge in [-0.25, -0.2) is 4.79 Å². The Morgan fingerprint density at radius 2 is 1.80 bits per heavy atom. The first-order valence-corrected chi connectivity index (χ1v) is 11.6. The number of carbonyl (C=O) groups excluding carboxylic acids is 2. The minimum absolute atomic E-state index is 0.139. The van der Waals surface area contributed by atoms with E-state index in [0.717, 1.165) is 0 Å². The van der Waals surface area contributed by atoms with Gasteiger partial charge in [0.15, 0.2) is 0 Å². The topological polar surface area (TPSA) is 126 Å². The maximum Gasteiger partial charge on any atom is 0.331 e. The zero-order chi connectivity index (χ0) is 25.7. The molecule has 0 spiro atoms. The highest BCUT2D eigenvalue weighted by atomic mass is 35.5. The van der Waals surface area contributed by atoms with Gasteiger partial charge in [-0.15, -0.1) is 0 Å². The zero-order valence-electron chi connectivity index (χ0n) is 19.7. The summed E-state index contributed by atoms with van der Waals surface area (Å²) >= 11 is 5.98. The Morgan fingerprint density at radius 1 is 1.09 bits per heavy atom. The van der Waals surface area contributed by atoms with Gasteiger partial charge in [-0.1, -0.05) is 18.5 Å². The number of amides is 2. The van der Waals surface area contributed by atoms with E-state index in [4.69, 9.17) is 16.9 Å². The lowest BCUT2D eigenvalue weighted by atomic mass is 10.1. The summed E-state index contributed by atoms with van der Waals surface area (Å²) in [6.07, 6.45) is 0.139. The lowest BCUT2D eigenvalue weighted by molar-refractivity contribution is -0.116. The van der Waals surface area contributed by atoms with Crippen LogP contribution in [0.25, 0.3) is 10.9 Å². The fraction of sp³-hybridized carbons (Fsp3) is 0.320. The van der Waals surface area contributed by atoms with Gasteiger partial charge >= 0.3 is 5.69 Å². The van der Waals surface area contributed by atoms with Gasteiger partial charge < -0.3 is 10.6 Å². The van der Waals surface area contributed by atoms with Crippen molar-refractivity contribution in [1.29, 1.82) is 5.26 Å². The van der Waals surface area contributed by atoms with Crippen LogP contribution in [0.2, 0.25) is 5.02 Å². The van der Waals surface area contributed by atoms with Crippen molar-refractivity contribution in [3.8, 4) is 6.07 Å². The second kappa shape index (κ2) is 11.0. The van der Waals surface area contributed by atoms with Crippen molar-refractivity contribution < 1.29 is 9.59 Å². The van der Waals surface area contributed by atoms with Crippen LogP contribution in [0.15, 0.2) is 46.0 Å². The summed E-state index contributed by atoms with van der Waals surface area (Å²) in [5.74, 6) is -0.796. The Morgan fingerprint density at radius 3 is 2.43 bits per heavy atom. The molecule has 0 aliphatic carbocycles. The predicted octanol–water partition coefficient (Wildman–Crippen LogP) is 3.12. The fourth-order valence-electron chi connectivity index (χ4n) is 3.80. The summed E-state index contributed by atoms with van der Waals surface area (Å²) in [6, 6.07) is 11.2. The van der Waals surface area contributed by atoms with E-state index in [1.54, 1.807) is 25.1 Å². The van der Waals surface area contributed by atoms with Crippen molar-refractivity contribution in [3.63, 3.8) is 0 Å². The number of fused-ring (bicyclic) bond motifs is 1. The third-order valence-corrected chi connectivity index (χ3v) is 5.95. The number of rotatable bonds is 8. The molecule has 3 aromatic rings. The standard InChI is InChI=1S/C25H26ClN5O4/c1-4-30-21-9-8-18(12-19(21)24(34)31(5-2)25(30)35)29-22(32)10-15(3)14-28-23(33)16-6-7-17(13-27)20(26)11-16/h6-9,11-12,15H,4-5,10,14H2,1-3H3,(H,28,33)(H,29,32). The molecule has 0 bridgehead atoms. The molecular weight excluding hydrogens is 470 g/mol. The van der Waals surface area contributed by atoms with Crippen LogP contribution in [-0.2, 0) is 17.9 Å². The lowest BCUT2D eigenvalue weighted by Gasteiger charge is -2.15. The number of hydrogen-bond acceptors (Lipinski definition) is 5. The minimum Gasteiger partial charge on any atom is -0.352 e. The van der Waals surface area contributed by atoms with E-state index in [9.17, 15) is 19.2 Å². The van der Waals surface area contributed by atoms with Crippen LogP contribution in [0, 0.1) is 17.2 Å². The van der Waals surface area contributed by atoms with Gasteiger partial charge in [-0.2, -0.15) is 5.26 Å². The molecule has 2 aromatic carbocycles. The number of hydrogen-bond donors (Lipinski definition) is 2. The number of nitrogens with one attached hydrogen (secondary N) is 2. The van der Waals surface area contributed by atoms with E-state index in [1.807, 2.05) is 19.9 Å². The Bertz CT molecular complexity index is 1450. The van der Waals surface area contributed by atoms with Gasteiger partial charge in [0.05, 0.1) is 21.5 Å². The molecule has 2 N–H and O–H groups in total. The maximum atomic E-state index is 12.8. The number of anilines is 1. The van der Waals surface area contributed by atoms with Crippen molar-refractivity contribution in [2.75, 3.05) is 11.9 Å². The fourth-order valence-corrected chi connectivity index (χ4v) is 4.03.